The van der Waals surface area contributed by atoms with Crippen LogP contribution < -0.4 is 10.6 Å². The molecule has 0 bridgehead atoms. The van der Waals surface area contributed by atoms with E-state index in [1.807, 2.05) is 10.9 Å². The maximum atomic E-state index is 5.26. The summed E-state index contributed by atoms with van der Waals surface area (Å²) in [5.74, 6) is 0. The molecule has 0 amide bonds. The molecule has 1 aromatic rings. The van der Waals surface area contributed by atoms with Crippen molar-refractivity contribution in [2.24, 2.45) is 0 Å². The summed E-state index contributed by atoms with van der Waals surface area (Å²) < 4.78 is 1.88. The Balaban J connectivity index is 1.81. The molecule has 1 fully saturated rings. The van der Waals surface area contributed by atoms with E-state index in [9.17, 15) is 0 Å². The van der Waals surface area contributed by atoms with Gasteiger partial charge < -0.3 is 10.6 Å². The molecule has 2 N–H and O–H groups in total. The number of aryl methyl sites for hydroxylation is 1. The van der Waals surface area contributed by atoms with Gasteiger partial charge in [0.25, 0.3) is 0 Å². The molecule has 1 saturated carbocycles. The molecular weight excluding hydrogens is 220 g/mol. The van der Waals surface area contributed by atoms with Gasteiger partial charge >= 0.3 is 0 Å². The van der Waals surface area contributed by atoms with Crippen molar-refractivity contribution in [3.63, 3.8) is 0 Å². The van der Waals surface area contributed by atoms with Gasteiger partial charge in [-0.2, -0.15) is 5.10 Å². The van der Waals surface area contributed by atoms with Crippen LogP contribution in [0.15, 0.2) is 12.4 Å². The summed E-state index contributed by atoms with van der Waals surface area (Å²) in [4.78, 5) is 0. The molecule has 0 spiro atoms. The van der Waals surface area contributed by atoms with E-state index < -0.39 is 0 Å². The Bertz CT molecular complexity index is 355. The minimum absolute atomic E-state index is 0.557. The Hall–Kier alpha value is -1.10. The molecule has 0 unspecified atom stereocenters. The van der Waals surface area contributed by atoms with Gasteiger partial charge in [0, 0.05) is 18.8 Å². The molecule has 1 heterocycles. The zero-order valence-corrected chi connectivity index (χ0v) is 10.4. The van der Waals surface area contributed by atoms with Gasteiger partial charge in [0.05, 0.1) is 11.9 Å². The molecule has 0 saturated heterocycles. The number of nitrogens with one attached hydrogen (secondary N) is 2. The monoisotopic (exact) mass is 238 g/mol. The molecule has 5 heteroatoms. The molecule has 0 aromatic carbocycles. The maximum Gasteiger partial charge on any atom is 0.171 e. The summed E-state index contributed by atoms with van der Waals surface area (Å²) in [7, 11) is 0. The maximum absolute atomic E-state index is 5.26. The summed E-state index contributed by atoms with van der Waals surface area (Å²) in [6.45, 7) is 2.94. The van der Waals surface area contributed by atoms with Gasteiger partial charge in [-0.3, -0.25) is 4.68 Å². The van der Waals surface area contributed by atoms with E-state index in [0.717, 1.165) is 12.2 Å². The topological polar surface area (TPSA) is 41.9 Å². The van der Waals surface area contributed by atoms with Crippen LogP contribution in [-0.4, -0.2) is 20.9 Å². The van der Waals surface area contributed by atoms with Gasteiger partial charge in [0.1, 0.15) is 0 Å². The van der Waals surface area contributed by atoms with Crippen LogP contribution in [0.2, 0.25) is 0 Å². The van der Waals surface area contributed by atoms with Crippen molar-refractivity contribution in [3.8, 4) is 0 Å². The van der Waals surface area contributed by atoms with Crippen LogP contribution in [0.1, 0.15) is 32.6 Å². The molecule has 0 atom stereocenters. The van der Waals surface area contributed by atoms with Gasteiger partial charge in [0.15, 0.2) is 5.11 Å². The molecule has 0 aliphatic heterocycles. The number of aromatic nitrogens is 2. The second-order valence-electron chi connectivity index (χ2n) is 4.16. The molecule has 1 aromatic heterocycles. The van der Waals surface area contributed by atoms with Crippen molar-refractivity contribution in [1.29, 1.82) is 0 Å². The first kappa shape index (κ1) is 11.4. The van der Waals surface area contributed by atoms with Crippen LogP contribution in [0.25, 0.3) is 0 Å². The van der Waals surface area contributed by atoms with Gasteiger partial charge in [-0.05, 0) is 32.0 Å². The molecule has 16 heavy (non-hydrogen) atoms. The molecule has 0 radical (unpaired) electrons. The highest BCUT2D eigenvalue weighted by Crippen LogP contribution is 2.17. The SMILES string of the molecule is CCn1cc(NC(=S)NC2CCCC2)cn1. The molecule has 1 aliphatic rings. The third-order valence-electron chi connectivity index (χ3n) is 2.91. The van der Waals surface area contributed by atoms with Crippen molar-refractivity contribution >= 4 is 23.0 Å². The smallest absolute Gasteiger partial charge is 0.171 e. The van der Waals surface area contributed by atoms with Gasteiger partial charge in [-0.25, -0.2) is 0 Å². The first-order valence-corrected chi connectivity index (χ1v) is 6.28. The lowest BCUT2D eigenvalue weighted by atomic mass is 10.3. The number of rotatable bonds is 3. The van der Waals surface area contributed by atoms with Gasteiger partial charge in [-0.1, -0.05) is 12.8 Å². The van der Waals surface area contributed by atoms with Crippen molar-refractivity contribution in [2.75, 3.05) is 5.32 Å². The standard InChI is InChI=1S/C11H18N4S/c1-2-15-8-10(7-12-15)14-11(16)13-9-5-3-4-6-9/h7-9H,2-6H2,1H3,(H2,13,14,16). The molecule has 2 rings (SSSR count). The second-order valence-corrected chi connectivity index (χ2v) is 4.57. The first-order chi connectivity index (χ1) is 7.78. The van der Waals surface area contributed by atoms with E-state index in [1.54, 1.807) is 6.20 Å². The summed E-state index contributed by atoms with van der Waals surface area (Å²) in [5, 5.41) is 11.4. The Labute approximate surface area is 101 Å². The van der Waals surface area contributed by atoms with Crippen molar-refractivity contribution in [1.82, 2.24) is 15.1 Å². The van der Waals surface area contributed by atoms with E-state index in [1.165, 1.54) is 25.7 Å². The highest BCUT2D eigenvalue weighted by atomic mass is 32.1. The molecule has 88 valence electrons. The Morgan fingerprint density at radius 3 is 2.94 bits per heavy atom. The zero-order valence-electron chi connectivity index (χ0n) is 9.57. The second kappa shape index (κ2) is 5.30. The number of hydrogen-bond acceptors (Lipinski definition) is 2. The number of thiocarbonyl (C=S) groups is 1. The quantitative estimate of drug-likeness (QED) is 0.792. The molecule has 4 nitrogen and oxygen atoms in total. The van der Waals surface area contributed by atoms with Crippen molar-refractivity contribution in [3.05, 3.63) is 12.4 Å². The van der Waals surface area contributed by atoms with Crippen LogP contribution in [0.4, 0.5) is 5.69 Å². The molecule has 1 aliphatic carbocycles. The summed E-state index contributed by atoms with van der Waals surface area (Å²) in [5.41, 5.74) is 0.956. The third kappa shape index (κ3) is 2.95. The molecular formula is C11H18N4S. The minimum atomic E-state index is 0.557. The fourth-order valence-corrected chi connectivity index (χ4v) is 2.31. The highest BCUT2D eigenvalue weighted by molar-refractivity contribution is 7.80. The average molecular weight is 238 g/mol. The highest BCUT2D eigenvalue weighted by Gasteiger charge is 2.15. The summed E-state index contributed by atoms with van der Waals surface area (Å²) >= 11 is 5.26. The van der Waals surface area contributed by atoms with Crippen molar-refractivity contribution < 1.29 is 0 Å². The minimum Gasteiger partial charge on any atom is -0.360 e. The predicted octanol–water partition coefficient (Wildman–Crippen LogP) is 2.13. The predicted molar refractivity (Wildman–Crippen MR) is 69.5 cm³/mol. The Kier molecular flexibility index (Phi) is 3.77. The average Bonchev–Trinajstić information content (AvgIpc) is 2.89. The first-order valence-electron chi connectivity index (χ1n) is 5.88. The Morgan fingerprint density at radius 1 is 1.56 bits per heavy atom. The largest absolute Gasteiger partial charge is 0.360 e. The van der Waals surface area contributed by atoms with E-state index >= 15 is 0 Å². The fourth-order valence-electron chi connectivity index (χ4n) is 2.02. The Morgan fingerprint density at radius 2 is 2.31 bits per heavy atom. The normalized spacial score (nSPS) is 16.3. The zero-order chi connectivity index (χ0) is 11.4. The van der Waals surface area contributed by atoms with E-state index in [2.05, 4.69) is 22.7 Å². The number of anilines is 1. The number of nitrogens with zero attached hydrogens (tertiary/aromatic N) is 2. The van der Waals surface area contributed by atoms with Crippen LogP contribution in [-0.2, 0) is 6.54 Å². The van der Waals surface area contributed by atoms with Crippen LogP contribution >= 0.6 is 12.2 Å². The summed E-state index contributed by atoms with van der Waals surface area (Å²) in [6.07, 6.45) is 8.85. The van der Waals surface area contributed by atoms with E-state index in [-0.39, 0.29) is 0 Å². The number of hydrogen-bond donors (Lipinski definition) is 2. The van der Waals surface area contributed by atoms with Crippen LogP contribution in [0.3, 0.4) is 0 Å². The van der Waals surface area contributed by atoms with Gasteiger partial charge in [0.2, 0.25) is 0 Å². The van der Waals surface area contributed by atoms with Crippen LogP contribution in [0, 0.1) is 0 Å². The van der Waals surface area contributed by atoms with Gasteiger partial charge in [-0.15, -0.1) is 0 Å². The van der Waals surface area contributed by atoms with E-state index in [4.69, 9.17) is 12.2 Å². The third-order valence-corrected chi connectivity index (χ3v) is 3.13. The lowest BCUT2D eigenvalue weighted by molar-refractivity contribution is 0.634. The summed E-state index contributed by atoms with van der Waals surface area (Å²) in [6, 6.07) is 0.557. The lowest BCUT2D eigenvalue weighted by Gasteiger charge is -2.14. The fraction of sp³-hybridized carbons (Fsp3) is 0.636. The van der Waals surface area contributed by atoms with Crippen LogP contribution in [0.5, 0.6) is 0 Å². The lowest BCUT2D eigenvalue weighted by Crippen LogP contribution is -2.35. The van der Waals surface area contributed by atoms with E-state index in [0.29, 0.717) is 11.2 Å². The van der Waals surface area contributed by atoms with Crippen molar-refractivity contribution in [2.45, 2.75) is 45.2 Å².